The van der Waals surface area contributed by atoms with Crippen LogP contribution < -0.4 is 0 Å². The second-order valence-electron chi connectivity index (χ2n) is 6.24. The van der Waals surface area contributed by atoms with E-state index in [9.17, 15) is 0 Å². The predicted molar refractivity (Wildman–Crippen MR) is 91.9 cm³/mol. The summed E-state index contributed by atoms with van der Waals surface area (Å²) in [4.78, 5) is 0. The summed E-state index contributed by atoms with van der Waals surface area (Å²) >= 11 is -0.950. The summed E-state index contributed by atoms with van der Waals surface area (Å²) in [6, 6.07) is 27.0. The monoisotopic (exact) mass is 460 g/mol. The van der Waals surface area contributed by atoms with E-state index >= 15 is 0 Å². The summed E-state index contributed by atoms with van der Waals surface area (Å²) in [6.45, 7) is 0. The van der Waals surface area contributed by atoms with Gasteiger partial charge in [-0.3, -0.25) is 0 Å². The van der Waals surface area contributed by atoms with E-state index in [1.807, 2.05) is 0 Å². The van der Waals surface area contributed by atoms with Gasteiger partial charge < -0.3 is 0 Å². The quantitative estimate of drug-likeness (QED) is 0.438. The third-order valence-corrected chi connectivity index (χ3v) is 11.5. The van der Waals surface area contributed by atoms with Crippen molar-refractivity contribution in [2.75, 3.05) is 0 Å². The first-order chi connectivity index (χ1) is 11.4. The van der Waals surface area contributed by atoms with Crippen molar-refractivity contribution in [2.45, 2.75) is 7.35 Å². The van der Waals surface area contributed by atoms with Gasteiger partial charge in [0.05, 0.1) is 0 Å². The van der Waals surface area contributed by atoms with Crippen LogP contribution >= 0.6 is 0 Å². The zero-order valence-corrected chi connectivity index (χ0v) is 16.3. The Hall–Kier alpha value is -1.73. The fourth-order valence-electron chi connectivity index (χ4n) is 3.91. The molecule has 0 saturated carbocycles. The van der Waals surface area contributed by atoms with E-state index in [2.05, 4.69) is 84.9 Å². The minimum absolute atomic E-state index is 0.697. The Labute approximate surface area is 148 Å². The normalized spacial score (nSPS) is 17.7. The van der Waals surface area contributed by atoms with Gasteiger partial charge in [-0.15, -0.1) is 0 Å². The topological polar surface area (TPSA) is 0 Å². The number of fused-ring (bicyclic) bond motifs is 4. The molecule has 1 unspecified atom stereocenters. The maximum atomic E-state index is 2.47. The van der Waals surface area contributed by atoms with Gasteiger partial charge in [0.15, 0.2) is 0 Å². The Morgan fingerprint density at radius 2 is 1.17 bits per heavy atom. The molecule has 0 N–H and O–H groups in total. The summed E-state index contributed by atoms with van der Waals surface area (Å²) in [6.07, 6.45) is 4.80. The molecule has 5 rings (SSSR count). The SMILES string of the molecule is C1=C[CH]([Hf][CH]2c3ccccc3-c3ccccc32)c2ccccc21. The first-order valence-corrected chi connectivity index (χ1v) is 12.3. The molecule has 0 fully saturated rings. The van der Waals surface area contributed by atoms with Crippen LogP contribution in [0.4, 0.5) is 0 Å². The van der Waals surface area contributed by atoms with Crippen molar-refractivity contribution >= 4 is 6.08 Å². The van der Waals surface area contributed by atoms with E-state index in [1.165, 1.54) is 16.7 Å². The van der Waals surface area contributed by atoms with Crippen molar-refractivity contribution in [3.8, 4) is 11.1 Å². The van der Waals surface area contributed by atoms with E-state index in [0.717, 1.165) is 3.67 Å². The Morgan fingerprint density at radius 1 is 0.609 bits per heavy atom. The van der Waals surface area contributed by atoms with Gasteiger partial charge in [-0.25, -0.2) is 0 Å². The average Bonchev–Trinajstić information content (AvgIpc) is 3.16. The predicted octanol–water partition coefficient (Wildman–Crippen LogP) is 5.61. The zero-order valence-electron chi connectivity index (χ0n) is 12.7. The molecule has 0 amide bonds. The van der Waals surface area contributed by atoms with E-state index in [-0.39, 0.29) is 0 Å². The van der Waals surface area contributed by atoms with Crippen LogP contribution in [0, 0.1) is 0 Å². The molecule has 0 spiro atoms. The standard InChI is InChI=1S/C13H9.C9H7.Hf/c1-3-7-12-10(5-1)9-11-6-2-4-8-13(11)12;1-2-5-9-7-3-6-8(9)4-1;/h1-9H;1-7H;. The summed E-state index contributed by atoms with van der Waals surface area (Å²) < 4.78 is 1.42. The zero-order chi connectivity index (χ0) is 15.2. The van der Waals surface area contributed by atoms with E-state index in [4.69, 9.17) is 0 Å². The molecule has 3 aromatic rings. The molecule has 0 aromatic heterocycles. The third kappa shape index (κ3) is 2.14. The minimum atomic E-state index is -0.950. The molecule has 2 aliphatic carbocycles. The molecule has 0 aliphatic heterocycles. The van der Waals surface area contributed by atoms with Crippen molar-refractivity contribution in [1.29, 1.82) is 0 Å². The van der Waals surface area contributed by atoms with Crippen LogP contribution in [0.2, 0.25) is 0 Å². The van der Waals surface area contributed by atoms with Crippen LogP contribution in [0.5, 0.6) is 0 Å². The molecule has 0 nitrogen and oxygen atoms in total. The van der Waals surface area contributed by atoms with Crippen LogP contribution in [0.15, 0.2) is 78.9 Å². The molecule has 0 radical (unpaired) electrons. The van der Waals surface area contributed by atoms with Gasteiger partial charge in [0.1, 0.15) is 0 Å². The summed E-state index contributed by atoms with van der Waals surface area (Å²) in [5.41, 5.74) is 9.10. The first-order valence-electron chi connectivity index (χ1n) is 8.13. The summed E-state index contributed by atoms with van der Waals surface area (Å²) in [5, 5.41) is 0. The van der Waals surface area contributed by atoms with E-state index in [0.29, 0.717) is 3.67 Å². The van der Waals surface area contributed by atoms with Crippen molar-refractivity contribution < 1.29 is 22.9 Å². The molecule has 2 aliphatic rings. The number of rotatable bonds is 2. The van der Waals surface area contributed by atoms with Gasteiger partial charge in [-0.1, -0.05) is 0 Å². The van der Waals surface area contributed by atoms with Crippen LogP contribution in [0.1, 0.15) is 29.6 Å². The molecule has 0 heterocycles. The molecule has 0 saturated heterocycles. The maximum absolute atomic E-state index is 2.47. The molecule has 0 bridgehead atoms. The van der Waals surface area contributed by atoms with Gasteiger partial charge in [-0.2, -0.15) is 0 Å². The van der Waals surface area contributed by atoms with Crippen molar-refractivity contribution in [3.63, 3.8) is 0 Å². The van der Waals surface area contributed by atoms with Gasteiger partial charge in [-0.05, 0) is 0 Å². The fraction of sp³-hybridized carbons (Fsp3) is 0.0909. The van der Waals surface area contributed by atoms with Crippen molar-refractivity contribution in [3.05, 3.63) is 101 Å². The van der Waals surface area contributed by atoms with Gasteiger partial charge in [0, 0.05) is 0 Å². The molecular formula is C22H16Hf. The fourth-order valence-corrected chi connectivity index (χ4v) is 10.6. The Morgan fingerprint density at radius 3 is 1.87 bits per heavy atom. The molecular weight excluding hydrogens is 443 g/mol. The summed E-state index contributed by atoms with van der Waals surface area (Å²) in [7, 11) is 0. The van der Waals surface area contributed by atoms with Crippen molar-refractivity contribution in [1.82, 2.24) is 0 Å². The molecule has 108 valence electrons. The molecule has 1 atom stereocenters. The summed E-state index contributed by atoms with van der Waals surface area (Å²) in [5.74, 6) is 0. The Kier molecular flexibility index (Phi) is 3.22. The van der Waals surface area contributed by atoms with E-state index in [1.54, 1.807) is 16.7 Å². The van der Waals surface area contributed by atoms with Crippen LogP contribution in [-0.4, -0.2) is 0 Å². The first kappa shape index (κ1) is 13.7. The second kappa shape index (κ2) is 5.42. The Balaban J connectivity index is 1.58. The Bertz CT molecular complexity index is 877. The van der Waals surface area contributed by atoms with Gasteiger partial charge in [0.25, 0.3) is 0 Å². The van der Waals surface area contributed by atoms with Crippen LogP contribution in [0.3, 0.4) is 0 Å². The molecule has 1 heteroatoms. The number of benzene rings is 3. The number of allylic oxidation sites excluding steroid dienone is 1. The average molecular weight is 459 g/mol. The second-order valence-corrected chi connectivity index (χ2v) is 11.7. The van der Waals surface area contributed by atoms with Crippen LogP contribution in [-0.2, 0) is 22.9 Å². The molecule has 3 aromatic carbocycles. The van der Waals surface area contributed by atoms with Gasteiger partial charge >= 0.3 is 149 Å². The van der Waals surface area contributed by atoms with E-state index < -0.39 is 22.9 Å². The van der Waals surface area contributed by atoms with Gasteiger partial charge in [0.2, 0.25) is 0 Å². The van der Waals surface area contributed by atoms with Crippen LogP contribution in [0.25, 0.3) is 17.2 Å². The van der Waals surface area contributed by atoms with Crippen molar-refractivity contribution in [2.24, 2.45) is 0 Å². The number of hydrogen-bond acceptors (Lipinski definition) is 0. The third-order valence-electron chi connectivity index (χ3n) is 4.98. The molecule has 23 heavy (non-hydrogen) atoms. The number of hydrogen-bond donors (Lipinski definition) is 0.